The summed E-state index contributed by atoms with van der Waals surface area (Å²) in [5.74, 6) is -2.89. The number of fused-ring (bicyclic) bond motifs is 2. The van der Waals surface area contributed by atoms with Gasteiger partial charge in [-0.05, 0) is 63.0 Å². The number of amides is 3. The molecule has 0 bridgehead atoms. The van der Waals surface area contributed by atoms with Crippen LogP contribution in [0.4, 0.5) is 9.18 Å². The van der Waals surface area contributed by atoms with Crippen LogP contribution in [-0.2, 0) is 32.0 Å². The third kappa shape index (κ3) is 8.20. The molecule has 3 amide bonds. The number of hydrogen-bond donors (Lipinski definition) is 3. The Balaban J connectivity index is 1.17. The van der Waals surface area contributed by atoms with Gasteiger partial charge in [0, 0.05) is 12.8 Å². The fraction of sp³-hybridized carbons (Fsp3) is 0.143. The average molecular weight is 608 g/mol. The number of halogens is 1. The summed E-state index contributed by atoms with van der Waals surface area (Å²) in [7, 11) is 0. The summed E-state index contributed by atoms with van der Waals surface area (Å²) in [6, 6.07) is 30.7. The highest BCUT2D eigenvalue weighted by molar-refractivity contribution is 6.02. The maximum Gasteiger partial charge on any atom is 0.407 e. The minimum absolute atomic E-state index is 0.0278. The lowest BCUT2D eigenvalue weighted by atomic mass is 9.95. The van der Waals surface area contributed by atoms with E-state index in [-0.39, 0.29) is 18.6 Å². The van der Waals surface area contributed by atoms with Crippen LogP contribution < -0.4 is 16.1 Å². The topological polar surface area (TPSA) is 123 Å². The highest BCUT2D eigenvalue weighted by Gasteiger charge is 2.23. The SMILES string of the molecule is O=C(CNC(=O)[C@@H](Cc1ccccc1)NC(=O)OCCc1c2ccccc2cc2ccccc12)NOC(=O)c1ccc(F)cc1. The van der Waals surface area contributed by atoms with E-state index in [1.165, 1.54) is 12.1 Å². The molecule has 3 N–H and O–H groups in total. The van der Waals surface area contributed by atoms with Crippen LogP contribution in [0.3, 0.4) is 0 Å². The van der Waals surface area contributed by atoms with Gasteiger partial charge in [-0.1, -0.05) is 78.9 Å². The Bertz CT molecular complexity index is 1770. The first kappa shape index (κ1) is 30.7. The van der Waals surface area contributed by atoms with Crippen LogP contribution in [0, 0.1) is 5.82 Å². The molecule has 0 aliphatic carbocycles. The molecule has 45 heavy (non-hydrogen) atoms. The zero-order chi connectivity index (χ0) is 31.6. The number of carbonyl (C=O) groups excluding carboxylic acids is 4. The summed E-state index contributed by atoms with van der Waals surface area (Å²) in [6.07, 6.45) is -0.188. The van der Waals surface area contributed by atoms with E-state index in [9.17, 15) is 23.6 Å². The molecule has 5 aromatic rings. The minimum atomic E-state index is -1.06. The van der Waals surface area contributed by atoms with Crippen molar-refractivity contribution >= 4 is 45.4 Å². The van der Waals surface area contributed by atoms with Crippen molar-refractivity contribution in [2.75, 3.05) is 13.2 Å². The lowest BCUT2D eigenvalue weighted by Crippen LogP contribution is -2.50. The predicted molar refractivity (Wildman–Crippen MR) is 167 cm³/mol. The number of ether oxygens (including phenoxy) is 1. The molecule has 0 fully saturated rings. The monoisotopic (exact) mass is 607 g/mol. The van der Waals surface area contributed by atoms with Crippen molar-refractivity contribution in [1.29, 1.82) is 0 Å². The smallest absolute Gasteiger partial charge is 0.407 e. The molecule has 0 unspecified atom stereocenters. The van der Waals surface area contributed by atoms with E-state index in [1.54, 1.807) is 24.3 Å². The molecular formula is C35H30FN3O6. The summed E-state index contributed by atoms with van der Waals surface area (Å²) >= 11 is 0. The molecule has 0 heterocycles. The van der Waals surface area contributed by atoms with Crippen molar-refractivity contribution in [2.45, 2.75) is 18.9 Å². The van der Waals surface area contributed by atoms with E-state index in [1.807, 2.05) is 60.1 Å². The van der Waals surface area contributed by atoms with Gasteiger partial charge < -0.3 is 20.2 Å². The Hall–Kier alpha value is -5.77. The van der Waals surface area contributed by atoms with Crippen LogP contribution in [-0.4, -0.2) is 43.1 Å². The molecule has 0 aliphatic heterocycles. The van der Waals surface area contributed by atoms with Crippen molar-refractivity contribution in [2.24, 2.45) is 0 Å². The zero-order valence-electron chi connectivity index (χ0n) is 24.1. The Morgan fingerprint density at radius 3 is 2.04 bits per heavy atom. The van der Waals surface area contributed by atoms with Gasteiger partial charge in [-0.3, -0.25) is 9.59 Å². The van der Waals surface area contributed by atoms with Crippen LogP contribution in [0.25, 0.3) is 21.5 Å². The number of alkyl carbamates (subject to hydrolysis) is 1. The van der Waals surface area contributed by atoms with Crippen molar-refractivity contribution in [3.8, 4) is 0 Å². The van der Waals surface area contributed by atoms with Gasteiger partial charge in [-0.2, -0.15) is 5.48 Å². The van der Waals surface area contributed by atoms with Crippen molar-refractivity contribution < 1.29 is 33.1 Å². The number of nitrogens with one attached hydrogen (secondary N) is 3. The first-order valence-electron chi connectivity index (χ1n) is 14.3. The van der Waals surface area contributed by atoms with Gasteiger partial charge in [0.15, 0.2) is 0 Å². The highest BCUT2D eigenvalue weighted by atomic mass is 19.1. The number of hydroxylamine groups is 1. The lowest BCUT2D eigenvalue weighted by molar-refractivity contribution is -0.132. The summed E-state index contributed by atoms with van der Waals surface area (Å²) in [4.78, 5) is 54.9. The van der Waals surface area contributed by atoms with Crippen LogP contribution in [0.5, 0.6) is 0 Å². The van der Waals surface area contributed by atoms with Crippen molar-refractivity contribution in [1.82, 2.24) is 16.1 Å². The molecule has 0 radical (unpaired) electrons. The molecule has 9 nitrogen and oxygen atoms in total. The molecule has 0 spiro atoms. The van der Waals surface area contributed by atoms with Crippen LogP contribution in [0.2, 0.25) is 0 Å². The van der Waals surface area contributed by atoms with Gasteiger partial charge in [0.05, 0.1) is 18.7 Å². The minimum Gasteiger partial charge on any atom is -0.449 e. The molecule has 0 aromatic heterocycles. The third-order valence-electron chi connectivity index (χ3n) is 7.12. The first-order valence-corrected chi connectivity index (χ1v) is 14.3. The Kier molecular flexibility index (Phi) is 9.96. The van der Waals surface area contributed by atoms with E-state index in [0.29, 0.717) is 6.42 Å². The number of benzene rings is 5. The molecule has 5 aromatic carbocycles. The second-order valence-electron chi connectivity index (χ2n) is 10.2. The van der Waals surface area contributed by atoms with Gasteiger partial charge in [0.25, 0.3) is 5.91 Å². The van der Waals surface area contributed by atoms with Gasteiger partial charge in [0.2, 0.25) is 5.91 Å². The summed E-state index contributed by atoms with van der Waals surface area (Å²) < 4.78 is 18.6. The molecule has 0 saturated carbocycles. The van der Waals surface area contributed by atoms with Crippen molar-refractivity contribution in [3.05, 3.63) is 132 Å². The standard InChI is InChI=1S/C35H30FN3O6/c36-27-16-14-24(15-17-27)34(42)45-39-32(40)22-37-33(41)31(20-23-8-2-1-3-9-23)38-35(43)44-19-18-30-28-12-6-4-10-25(28)21-26-11-5-7-13-29(26)30/h1-17,21,31H,18-20,22H2,(H,37,41)(H,38,43)(H,39,40)/t31-/m1/s1. The highest BCUT2D eigenvalue weighted by Crippen LogP contribution is 2.28. The molecule has 5 rings (SSSR count). The average Bonchev–Trinajstić information content (AvgIpc) is 3.06. The van der Waals surface area contributed by atoms with Crippen molar-refractivity contribution in [3.63, 3.8) is 0 Å². The zero-order valence-corrected chi connectivity index (χ0v) is 24.1. The molecular weight excluding hydrogens is 577 g/mol. The van der Waals surface area contributed by atoms with Gasteiger partial charge in [0.1, 0.15) is 11.9 Å². The van der Waals surface area contributed by atoms with Gasteiger partial charge in [-0.15, -0.1) is 0 Å². The molecule has 10 heteroatoms. The van der Waals surface area contributed by atoms with Gasteiger partial charge >= 0.3 is 12.1 Å². The quantitative estimate of drug-likeness (QED) is 0.151. The molecule has 0 saturated heterocycles. The Labute approximate surface area is 258 Å². The summed E-state index contributed by atoms with van der Waals surface area (Å²) in [6.45, 7) is -0.461. The van der Waals surface area contributed by atoms with E-state index >= 15 is 0 Å². The largest absolute Gasteiger partial charge is 0.449 e. The molecule has 1 atom stereocenters. The summed E-state index contributed by atoms with van der Waals surface area (Å²) in [5, 5.41) is 9.36. The van der Waals surface area contributed by atoms with Crippen LogP contribution in [0.15, 0.2) is 109 Å². The van der Waals surface area contributed by atoms with Crippen LogP contribution in [0.1, 0.15) is 21.5 Å². The van der Waals surface area contributed by atoms with Crippen LogP contribution >= 0.6 is 0 Å². The first-order chi connectivity index (χ1) is 21.9. The normalized spacial score (nSPS) is 11.4. The second-order valence-corrected chi connectivity index (χ2v) is 10.2. The molecule has 228 valence electrons. The number of hydrogen-bond acceptors (Lipinski definition) is 6. The van der Waals surface area contributed by atoms with E-state index in [0.717, 1.165) is 44.8 Å². The molecule has 0 aliphatic rings. The maximum atomic E-state index is 13.1. The lowest BCUT2D eigenvalue weighted by Gasteiger charge is -2.19. The second kappa shape index (κ2) is 14.6. The fourth-order valence-electron chi connectivity index (χ4n) is 4.94. The predicted octanol–water partition coefficient (Wildman–Crippen LogP) is 5.02. The Morgan fingerprint density at radius 2 is 1.38 bits per heavy atom. The Morgan fingerprint density at radius 1 is 0.756 bits per heavy atom. The van der Waals surface area contributed by atoms with Gasteiger partial charge in [-0.25, -0.2) is 14.0 Å². The summed E-state index contributed by atoms with van der Waals surface area (Å²) in [5.41, 5.74) is 3.80. The van der Waals surface area contributed by atoms with E-state index < -0.39 is 42.3 Å². The van der Waals surface area contributed by atoms with E-state index in [2.05, 4.69) is 16.7 Å². The van der Waals surface area contributed by atoms with E-state index in [4.69, 9.17) is 9.57 Å². The third-order valence-corrected chi connectivity index (χ3v) is 7.12. The fourth-order valence-corrected chi connectivity index (χ4v) is 4.94. The number of rotatable bonds is 10. The maximum absolute atomic E-state index is 13.1. The number of carbonyl (C=O) groups is 4.